The minimum atomic E-state index is -4.34. The van der Waals surface area contributed by atoms with E-state index in [2.05, 4.69) is 5.32 Å². The van der Waals surface area contributed by atoms with Crippen molar-refractivity contribution in [2.75, 3.05) is 38.7 Å². The van der Waals surface area contributed by atoms with Gasteiger partial charge < -0.3 is 24.4 Å². The molecule has 0 heterocycles. The van der Waals surface area contributed by atoms with Gasteiger partial charge in [0.25, 0.3) is 10.0 Å². The number of halogens is 1. The van der Waals surface area contributed by atoms with Crippen molar-refractivity contribution >= 4 is 27.5 Å². The Morgan fingerprint density at radius 3 is 2.15 bits per heavy atom. The van der Waals surface area contributed by atoms with Crippen LogP contribution in [0.25, 0.3) is 0 Å². The third-order valence-electron chi connectivity index (χ3n) is 6.34. The lowest BCUT2D eigenvalue weighted by molar-refractivity contribution is -0.139. The minimum Gasteiger partial charge on any atom is -0.494 e. The van der Waals surface area contributed by atoms with Gasteiger partial charge in [-0.2, -0.15) is 0 Å². The molecule has 1 atom stereocenters. The summed E-state index contributed by atoms with van der Waals surface area (Å²) in [6.45, 7) is 3.09. The normalized spacial score (nSPS) is 11.8. The molecule has 0 spiro atoms. The number of benzene rings is 3. The van der Waals surface area contributed by atoms with E-state index in [0.717, 1.165) is 4.31 Å². The fraction of sp³-hybridized carbons (Fsp3) is 0.310. The van der Waals surface area contributed by atoms with Gasteiger partial charge >= 0.3 is 0 Å². The van der Waals surface area contributed by atoms with Gasteiger partial charge in [-0.15, -0.1) is 0 Å². The highest BCUT2D eigenvalue weighted by molar-refractivity contribution is 7.92. The van der Waals surface area contributed by atoms with Crippen LogP contribution in [0.1, 0.15) is 19.4 Å². The third kappa shape index (κ3) is 7.46. The zero-order valence-corrected chi connectivity index (χ0v) is 24.4. The minimum absolute atomic E-state index is 0.0543. The number of ether oxygens (including phenoxy) is 3. The molecule has 0 saturated heterocycles. The molecule has 1 N–H and O–H groups in total. The topological polar surface area (TPSA) is 114 Å². The number of methoxy groups -OCH3 is 2. The summed E-state index contributed by atoms with van der Waals surface area (Å²) in [5, 5.41) is 2.51. The fourth-order valence-corrected chi connectivity index (χ4v) is 5.52. The van der Waals surface area contributed by atoms with Crippen LogP contribution in [-0.4, -0.2) is 65.6 Å². The van der Waals surface area contributed by atoms with E-state index in [-0.39, 0.29) is 22.9 Å². The van der Waals surface area contributed by atoms with Gasteiger partial charge in [-0.1, -0.05) is 12.1 Å². The molecule has 3 rings (SSSR count). The Kier molecular flexibility index (Phi) is 10.5. The number of carbonyl (C=O) groups is 2. The van der Waals surface area contributed by atoms with Crippen molar-refractivity contribution in [1.29, 1.82) is 0 Å². The number of carbonyl (C=O) groups excluding carboxylic acids is 2. The van der Waals surface area contributed by atoms with Crippen LogP contribution < -0.4 is 23.8 Å². The second-order valence-corrected chi connectivity index (χ2v) is 10.8. The van der Waals surface area contributed by atoms with Crippen molar-refractivity contribution in [3.8, 4) is 17.2 Å². The fourth-order valence-electron chi connectivity index (χ4n) is 4.09. The maximum absolute atomic E-state index is 14.0. The Labute approximate surface area is 239 Å². The second-order valence-electron chi connectivity index (χ2n) is 8.89. The Morgan fingerprint density at radius 1 is 0.951 bits per heavy atom. The van der Waals surface area contributed by atoms with Gasteiger partial charge in [0.15, 0.2) is 11.5 Å². The highest BCUT2D eigenvalue weighted by Crippen LogP contribution is 2.33. The first kappa shape index (κ1) is 31.2. The van der Waals surface area contributed by atoms with E-state index in [9.17, 15) is 22.4 Å². The summed E-state index contributed by atoms with van der Waals surface area (Å²) in [6, 6.07) is 14.9. The molecule has 10 nitrogen and oxygen atoms in total. The van der Waals surface area contributed by atoms with Gasteiger partial charge in [0, 0.05) is 19.7 Å². The molecule has 0 aliphatic carbocycles. The Balaban J connectivity index is 2.07. The molecular formula is C29H34FN3O7S. The Bertz CT molecular complexity index is 1450. The van der Waals surface area contributed by atoms with Crippen LogP contribution in [0.4, 0.5) is 10.1 Å². The van der Waals surface area contributed by atoms with E-state index < -0.39 is 40.2 Å². The molecule has 0 saturated carbocycles. The molecule has 0 unspecified atom stereocenters. The molecule has 0 aliphatic rings. The lowest BCUT2D eigenvalue weighted by atomic mass is 10.1. The number of hydrogen-bond donors (Lipinski definition) is 1. The van der Waals surface area contributed by atoms with Crippen LogP contribution in [0.3, 0.4) is 0 Å². The summed E-state index contributed by atoms with van der Waals surface area (Å²) < 4.78 is 58.5. The van der Waals surface area contributed by atoms with Gasteiger partial charge in [-0.05, 0) is 67.9 Å². The van der Waals surface area contributed by atoms with Gasteiger partial charge in [0.1, 0.15) is 24.2 Å². The van der Waals surface area contributed by atoms with E-state index >= 15 is 0 Å². The SMILES string of the molecule is CCOc1ccc(N(CC(=O)N(Cc2ccc(F)cc2)[C@@H](C)C(=O)NC)S(=O)(=O)c2ccc(OC)c(OC)c2)cc1. The molecule has 220 valence electrons. The number of anilines is 1. The molecule has 41 heavy (non-hydrogen) atoms. The van der Waals surface area contributed by atoms with Crippen molar-refractivity contribution in [3.63, 3.8) is 0 Å². The van der Waals surface area contributed by atoms with E-state index in [1.807, 2.05) is 6.92 Å². The van der Waals surface area contributed by atoms with Crippen LogP contribution in [0.15, 0.2) is 71.6 Å². The predicted molar refractivity (Wildman–Crippen MR) is 152 cm³/mol. The highest BCUT2D eigenvalue weighted by Gasteiger charge is 2.33. The Morgan fingerprint density at radius 2 is 1.59 bits per heavy atom. The molecular weight excluding hydrogens is 553 g/mol. The van der Waals surface area contributed by atoms with Crippen molar-refractivity contribution in [3.05, 3.63) is 78.1 Å². The first-order valence-electron chi connectivity index (χ1n) is 12.8. The predicted octanol–water partition coefficient (Wildman–Crippen LogP) is 3.60. The monoisotopic (exact) mass is 587 g/mol. The third-order valence-corrected chi connectivity index (χ3v) is 8.11. The van der Waals surface area contributed by atoms with E-state index in [0.29, 0.717) is 23.7 Å². The molecule has 0 aromatic heterocycles. The first-order chi connectivity index (χ1) is 19.5. The average molecular weight is 588 g/mol. The van der Waals surface area contributed by atoms with E-state index in [4.69, 9.17) is 14.2 Å². The summed E-state index contributed by atoms with van der Waals surface area (Å²) in [5.41, 5.74) is 0.761. The number of amides is 2. The number of sulfonamides is 1. The summed E-state index contributed by atoms with van der Waals surface area (Å²) in [5.74, 6) is -0.497. The number of nitrogens with zero attached hydrogens (tertiary/aromatic N) is 2. The molecule has 2 amide bonds. The smallest absolute Gasteiger partial charge is 0.264 e. The summed E-state index contributed by atoms with van der Waals surface area (Å²) in [6.07, 6.45) is 0. The zero-order chi connectivity index (χ0) is 30.2. The summed E-state index contributed by atoms with van der Waals surface area (Å²) >= 11 is 0. The number of nitrogens with one attached hydrogen (secondary N) is 1. The number of likely N-dealkylation sites (N-methyl/N-ethyl adjacent to an activating group) is 1. The zero-order valence-electron chi connectivity index (χ0n) is 23.6. The molecule has 0 fully saturated rings. The highest BCUT2D eigenvalue weighted by atomic mass is 32.2. The maximum atomic E-state index is 14.0. The van der Waals surface area contributed by atoms with Crippen molar-refractivity contribution in [2.45, 2.75) is 31.3 Å². The lowest BCUT2D eigenvalue weighted by Crippen LogP contribution is -2.50. The van der Waals surface area contributed by atoms with E-state index in [1.165, 1.54) is 87.7 Å². The summed E-state index contributed by atoms with van der Waals surface area (Å²) in [4.78, 5) is 27.5. The van der Waals surface area contributed by atoms with Gasteiger partial charge in [0.05, 0.1) is 31.4 Å². The van der Waals surface area contributed by atoms with E-state index in [1.54, 1.807) is 12.1 Å². The molecule has 0 aliphatic heterocycles. The van der Waals surface area contributed by atoms with Gasteiger partial charge in [-0.3, -0.25) is 13.9 Å². The molecule has 0 bridgehead atoms. The number of hydrogen-bond acceptors (Lipinski definition) is 7. The van der Waals surface area contributed by atoms with Crippen molar-refractivity contribution in [2.24, 2.45) is 0 Å². The molecule has 0 radical (unpaired) electrons. The number of rotatable bonds is 13. The van der Waals surface area contributed by atoms with Crippen molar-refractivity contribution < 1.29 is 36.6 Å². The van der Waals surface area contributed by atoms with Crippen molar-refractivity contribution in [1.82, 2.24) is 10.2 Å². The maximum Gasteiger partial charge on any atom is 0.264 e. The first-order valence-corrected chi connectivity index (χ1v) is 14.2. The van der Waals surface area contributed by atoms with Crippen LogP contribution >= 0.6 is 0 Å². The van der Waals surface area contributed by atoms with Crippen LogP contribution in [0.2, 0.25) is 0 Å². The lowest BCUT2D eigenvalue weighted by Gasteiger charge is -2.32. The quantitative estimate of drug-likeness (QED) is 0.325. The molecule has 3 aromatic rings. The van der Waals surface area contributed by atoms with Gasteiger partial charge in [-0.25, -0.2) is 12.8 Å². The molecule has 3 aromatic carbocycles. The largest absolute Gasteiger partial charge is 0.494 e. The summed E-state index contributed by atoms with van der Waals surface area (Å²) in [7, 11) is -0.0832. The van der Waals surface area contributed by atoms with Crippen LogP contribution in [-0.2, 0) is 26.2 Å². The van der Waals surface area contributed by atoms with Crippen LogP contribution in [0.5, 0.6) is 17.2 Å². The molecule has 12 heteroatoms. The van der Waals surface area contributed by atoms with Crippen LogP contribution in [0, 0.1) is 5.82 Å². The standard InChI is InChI=1S/C29H34FN3O7S/c1-6-40-24-13-11-23(12-14-24)33(41(36,37)25-15-16-26(38-4)27(17-25)39-5)19-28(34)32(20(2)29(35)31-3)18-21-7-9-22(30)10-8-21/h7-17,20H,6,18-19H2,1-5H3,(H,31,35)/t20-/m0/s1. The second kappa shape index (κ2) is 13.8. The Hall–Kier alpha value is -4.32. The average Bonchev–Trinajstić information content (AvgIpc) is 2.98. The van der Waals surface area contributed by atoms with Gasteiger partial charge in [0.2, 0.25) is 11.8 Å².